The molecule has 1 aromatic rings. The van der Waals surface area contributed by atoms with Gasteiger partial charge in [-0.25, -0.2) is 13.1 Å². The van der Waals surface area contributed by atoms with Gasteiger partial charge >= 0.3 is 0 Å². The topological polar surface area (TPSA) is 75.4 Å². The smallest absolute Gasteiger partial charge is 0.241 e. The maximum atomic E-state index is 12.3. The first-order valence-corrected chi connectivity index (χ1v) is 8.29. The third-order valence-electron chi connectivity index (χ3n) is 2.82. The van der Waals surface area contributed by atoms with Crippen LogP contribution >= 0.6 is 0 Å². The average Bonchev–Trinajstić information content (AvgIpc) is 2.41. The summed E-state index contributed by atoms with van der Waals surface area (Å²) in [6.45, 7) is 3.33. The van der Waals surface area contributed by atoms with E-state index >= 15 is 0 Å². The molecule has 21 heavy (non-hydrogen) atoms. The van der Waals surface area contributed by atoms with Gasteiger partial charge in [0.05, 0.1) is 11.4 Å². The minimum Gasteiger partial charge on any atom is -0.320 e. The molecule has 0 aliphatic rings. The molecule has 1 rings (SSSR count). The molecule has 0 radical (unpaired) electrons. The van der Waals surface area contributed by atoms with Crippen LogP contribution in [-0.4, -0.2) is 47.0 Å². The summed E-state index contributed by atoms with van der Waals surface area (Å²) in [7, 11) is 0.359. The Labute approximate surface area is 127 Å². The normalized spacial score (nSPS) is 11.3. The van der Waals surface area contributed by atoms with Crippen LogP contribution in [0.4, 0.5) is 0 Å². The largest absolute Gasteiger partial charge is 0.320 e. The number of sulfonamides is 1. The first kappa shape index (κ1) is 17.7. The Hall–Kier alpha value is -1.39. The summed E-state index contributed by atoms with van der Waals surface area (Å²) in [5, 5.41) is 0. The fraction of sp³-hybridized carbons (Fsp3) is 0.467. The monoisotopic (exact) mass is 309 g/mol. The minimum absolute atomic E-state index is 0.198. The zero-order chi connectivity index (χ0) is 15.9. The quantitative estimate of drug-likeness (QED) is 0.594. The van der Waals surface area contributed by atoms with Crippen molar-refractivity contribution < 1.29 is 8.42 Å². The zero-order valence-corrected chi connectivity index (χ0v) is 13.6. The summed E-state index contributed by atoms with van der Waals surface area (Å²) in [4.78, 5) is 2.22. The van der Waals surface area contributed by atoms with Gasteiger partial charge in [-0.1, -0.05) is 17.9 Å². The zero-order valence-electron chi connectivity index (χ0n) is 12.8. The molecule has 0 amide bonds. The van der Waals surface area contributed by atoms with Crippen LogP contribution in [0.3, 0.4) is 0 Å². The van der Waals surface area contributed by atoms with Crippen LogP contribution in [0.2, 0.25) is 0 Å². The summed E-state index contributed by atoms with van der Waals surface area (Å²) in [6, 6.07) is 5.11. The Kier molecular flexibility index (Phi) is 6.85. The molecule has 5 nitrogen and oxygen atoms in total. The third kappa shape index (κ3) is 5.86. The Bertz CT molecular complexity index is 628. The van der Waals surface area contributed by atoms with Crippen LogP contribution in [0, 0.1) is 18.8 Å². The number of benzene rings is 1. The molecule has 0 bridgehead atoms. The molecule has 0 saturated carbocycles. The second-order valence-electron chi connectivity index (χ2n) is 5.06. The van der Waals surface area contributed by atoms with Gasteiger partial charge < -0.3 is 10.6 Å². The molecule has 6 heteroatoms. The second kappa shape index (κ2) is 8.15. The van der Waals surface area contributed by atoms with E-state index in [4.69, 9.17) is 5.73 Å². The Morgan fingerprint density at radius 1 is 1.33 bits per heavy atom. The van der Waals surface area contributed by atoms with E-state index < -0.39 is 10.0 Å². The van der Waals surface area contributed by atoms with Gasteiger partial charge in [0.1, 0.15) is 0 Å². The summed E-state index contributed by atoms with van der Waals surface area (Å²) < 4.78 is 27.3. The Morgan fingerprint density at radius 2 is 2.05 bits per heavy atom. The van der Waals surface area contributed by atoms with Gasteiger partial charge in [-0.2, -0.15) is 0 Å². The van der Waals surface area contributed by atoms with Gasteiger partial charge in [0, 0.05) is 12.1 Å². The molecule has 0 heterocycles. The van der Waals surface area contributed by atoms with Gasteiger partial charge in [-0.3, -0.25) is 0 Å². The van der Waals surface area contributed by atoms with E-state index in [1.54, 1.807) is 18.2 Å². The lowest BCUT2D eigenvalue weighted by Crippen LogP contribution is -2.28. The van der Waals surface area contributed by atoms with Gasteiger partial charge in [-0.05, 0) is 51.7 Å². The van der Waals surface area contributed by atoms with Crippen molar-refractivity contribution in [3.05, 3.63) is 29.3 Å². The van der Waals surface area contributed by atoms with Gasteiger partial charge in [0.15, 0.2) is 0 Å². The summed E-state index contributed by atoms with van der Waals surface area (Å²) >= 11 is 0. The predicted molar refractivity (Wildman–Crippen MR) is 85.5 cm³/mol. The first-order valence-electron chi connectivity index (χ1n) is 6.81. The molecule has 3 N–H and O–H groups in total. The number of aryl methyl sites for hydroxylation is 1. The van der Waals surface area contributed by atoms with Crippen molar-refractivity contribution in [1.29, 1.82) is 0 Å². The van der Waals surface area contributed by atoms with Crippen molar-refractivity contribution in [2.75, 3.05) is 33.7 Å². The molecule has 0 aliphatic carbocycles. The molecule has 0 aliphatic heterocycles. The van der Waals surface area contributed by atoms with Gasteiger partial charge in [0.25, 0.3) is 0 Å². The summed E-state index contributed by atoms with van der Waals surface area (Å²) in [5.74, 6) is 5.53. The number of nitrogens with two attached hydrogens (primary N) is 1. The maximum absolute atomic E-state index is 12.3. The molecule has 0 aromatic heterocycles. The van der Waals surface area contributed by atoms with Crippen LogP contribution in [0.5, 0.6) is 0 Å². The Balaban J connectivity index is 2.92. The highest BCUT2D eigenvalue weighted by Gasteiger charge is 2.17. The molecule has 0 saturated heterocycles. The standard InChI is InChI=1S/C15H23N3O2S/c1-13-7-8-15(14(12-13)6-4-9-16)21(19,20)17-10-5-11-18(2)3/h7-8,12,17H,5,9-11,16H2,1-3H3. The van der Waals surface area contributed by atoms with Gasteiger partial charge in [-0.15, -0.1) is 0 Å². The number of hydrogen-bond acceptors (Lipinski definition) is 4. The number of rotatable bonds is 6. The minimum atomic E-state index is -3.55. The van der Waals surface area contributed by atoms with Crippen molar-refractivity contribution >= 4 is 10.0 Å². The van der Waals surface area contributed by atoms with E-state index in [1.807, 2.05) is 25.9 Å². The lowest BCUT2D eigenvalue weighted by Gasteiger charge is -2.11. The molecule has 0 unspecified atom stereocenters. The first-order chi connectivity index (χ1) is 9.86. The lowest BCUT2D eigenvalue weighted by molar-refractivity contribution is 0.400. The Morgan fingerprint density at radius 3 is 2.67 bits per heavy atom. The number of hydrogen-bond donors (Lipinski definition) is 2. The predicted octanol–water partition coefficient (Wildman–Crippen LogP) is 0.535. The van der Waals surface area contributed by atoms with E-state index in [9.17, 15) is 8.42 Å². The van der Waals surface area contributed by atoms with Crippen molar-refractivity contribution in [3.63, 3.8) is 0 Å². The highest BCUT2D eigenvalue weighted by Crippen LogP contribution is 2.16. The molecule has 0 fully saturated rings. The van der Waals surface area contributed by atoms with Crippen LogP contribution in [-0.2, 0) is 10.0 Å². The lowest BCUT2D eigenvalue weighted by atomic mass is 10.1. The third-order valence-corrected chi connectivity index (χ3v) is 4.34. The van der Waals surface area contributed by atoms with Crippen molar-refractivity contribution in [2.45, 2.75) is 18.2 Å². The van der Waals surface area contributed by atoms with Crippen LogP contribution in [0.1, 0.15) is 17.5 Å². The molecule has 1 aromatic carbocycles. The van der Waals surface area contributed by atoms with Crippen molar-refractivity contribution in [2.24, 2.45) is 5.73 Å². The molecule has 0 spiro atoms. The summed E-state index contributed by atoms with van der Waals surface area (Å²) in [6.07, 6.45) is 0.752. The highest BCUT2D eigenvalue weighted by molar-refractivity contribution is 7.89. The molecule has 116 valence electrons. The number of nitrogens with zero attached hydrogens (tertiary/aromatic N) is 1. The average molecular weight is 309 g/mol. The second-order valence-corrected chi connectivity index (χ2v) is 6.80. The maximum Gasteiger partial charge on any atom is 0.241 e. The van der Waals surface area contributed by atoms with Crippen molar-refractivity contribution in [1.82, 2.24) is 9.62 Å². The fourth-order valence-electron chi connectivity index (χ4n) is 1.80. The number of nitrogens with one attached hydrogen (secondary N) is 1. The molecule has 0 atom stereocenters. The van der Waals surface area contributed by atoms with E-state index in [2.05, 4.69) is 16.6 Å². The van der Waals surface area contributed by atoms with Crippen molar-refractivity contribution in [3.8, 4) is 11.8 Å². The van der Waals surface area contributed by atoms with E-state index in [-0.39, 0.29) is 11.4 Å². The highest BCUT2D eigenvalue weighted by atomic mass is 32.2. The van der Waals surface area contributed by atoms with Crippen LogP contribution in [0.15, 0.2) is 23.1 Å². The summed E-state index contributed by atoms with van der Waals surface area (Å²) in [5.41, 5.74) is 6.80. The molecular weight excluding hydrogens is 286 g/mol. The molecular formula is C15H23N3O2S. The van der Waals surface area contributed by atoms with Gasteiger partial charge in [0.2, 0.25) is 10.0 Å². The van der Waals surface area contributed by atoms with E-state index in [0.29, 0.717) is 12.1 Å². The van der Waals surface area contributed by atoms with Crippen LogP contribution < -0.4 is 10.5 Å². The van der Waals surface area contributed by atoms with E-state index in [0.717, 1.165) is 18.5 Å². The van der Waals surface area contributed by atoms with E-state index in [1.165, 1.54) is 0 Å². The fourth-order valence-corrected chi connectivity index (χ4v) is 3.02. The SMILES string of the molecule is Cc1ccc(S(=O)(=O)NCCCN(C)C)c(C#CCN)c1. The van der Waals surface area contributed by atoms with Crippen LogP contribution in [0.25, 0.3) is 0 Å².